The van der Waals surface area contributed by atoms with Gasteiger partial charge in [0, 0.05) is 5.92 Å². The van der Waals surface area contributed by atoms with Gasteiger partial charge in [-0.15, -0.1) is 0 Å². The number of rotatable bonds is 1. The van der Waals surface area contributed by atoms with Crippen molar-refractivity contribution in [1.82, 2.24) is 0 Å². The first kappa shape index (κ1) is 7.60. The number of fused-ring (bicyclic) bond motifs is 3. The van der Waals surface area contributed by atoms with Gasteiger partial charge in [-0.05, 0) is 42.7 Å². The van der Waals surface area contributed by atoms with Crippen LogP contribution in [0.4, 0.5) is 0 Å². The van der Waals surface area contributed by atoms with Gasteiger partial charge in [-0.3, -0.25) is 4.79 Å². The van der Waals surface area contributed by atoms with Crippen molar-refractivity contribution in [3.63, 3.8) is 0 Å². The molecule has 62 valence electrons. The predicted octanol–water partition coefficient (Wildman–Crippen LogP) is 2.58. The van der Waals surface area contributed by atoms with Crippen LogP contribution in [-0.2, 0) is 4.79 Å². The number of carbonyl (C=O) groups is 1. The Bertz CT molecular complexity index is 170. The molecule has 0 aromatic carbocycles. The first-order valence-electron chi connectivity index (χ1n) is 4.46. The molecule has 3 aliphatic carbocycles. The Balaban J connectivity index is 2.08. The van der Waals surface area contributed by atoms with E-state index in [0.29, 0.717) is 5.92 Å². The van der Waals surface area contributed by atoms with Gasteiger partial charge < -0.3 is 0 Å². The van der Waals surface area contributed by atoms with Gasteiger partial charge in [0.1, 0.15) is 0 Å². The number of hydrogen-bond acceptors (Lipinski definition) is 1. The number of halogens is 1. The summed E-state index contributed by atoms with van der Waals surface area (Å²) in [6, 6.07) is 0. The van der Waals surface area contributed by atoms with E-state index >= 15 is 0 Å². The summed E-state index contributed by atoms with van der Waals surface area (Å²) in [6.07, 6.45) is 6.24. The first-order chi connectivity index (χ1) is 5.27. The molecule has 3 aliphatic rings. The molecule has 2 bridgehead atoms. The molecule has 1 nitrogen and oxygen atoms in total. The Morgan fingerprint density at radius 1 is 1.18 bits per heavy atom. The van der Waals surface area contributed by atoms with Crippen molar-refractivity contribution in [3.8, 4) is 0 Å². The molecule has 0 saturated heterocycles. The molecule has 3 rings (SSSR count). The lowest BCUT2D eigenvalue weighted by molar-refractivity contribution is -0.119. The summed E-state index contributed by atoms with van der Waals surface area (Å²) in [5.41, 5.74) is 0. The molecule has 0 aliphatic heterocycles. The fraction of sp³-hybridized carbons (Fsp3) is 0.889. The van der Waals surface area contributed by atoms with Crippen molar-refractivity contribution in [2.75, 3.05) is 0 Å². The molecule has 0 N–H and O–H groups in total. The summed E-state index contributed by atoms with van der Waals surface area (Å²) < 4.78 is 0. The maximum absolute atomic E-state index is 11.0. The highest BCUT2D eigenvalue weighted by atomic mass is 35.5. The monoisotopic (exact) mass is 172 g/mol. The van der Waals surface area contributed by atoms with Crippen LogP contribution in [0.1, 0.15) is 32.1 Å². The van der Waals surface area contributed by atoms with Gasteiger partial charge in [0.15, 0.2) is 0 Å². The third kappa shape index (κ3) is 1.31. The summed E-state index contributed by atoms with van der Waals surface area (Å²) in [4.78, 5) is 11.0. The minimum Gasteiger partial charge on any atom is -0.281 e. The van der Waals surface area contributed by atoms with Crippen molar-refractivity contribution >= 4 is 16.8 Å². The molecule has 3 saturated carbocycles. The molecule has 0 spiro atoms. The van der Waals surface area contributed by atoms with Crippen molar-refractivity contribution in [2.45, 2.75) is 32.1 Å². The van der Waals surface area contributed by atoms with Crippen LogP contribution in [0.2, 0.25) is 0 Å². The van der Waals surface area contributed by atoms with Crippen LogP contribution in [0.5, 0.6) is 0 Å². The standard InChI is InChI=1S/C9H13ClO/c10-9(11)8-5-6-1-3-7(8)4-2-6/h6-8H,1-5H2/t6?,7?,8-/m1/s1. The van der Waals surface area contributed by atoms with E-state index in [2.05, 4.69) is 0 Å². The molecule has 0 heterocycles. The smallest absolute Gasteiger partial charge is 0.225 e. The van der Waals surface area contributed by atoms with E-state index in [1.807, 2.05) is 0 Å². The lowest BCUT2D eigenvalue weighted by Crippen LogP contribution is -2.34. The summed E-state index contributed by atoms with van der Waals surface area (Å²) in [5.74, 6) is 1.65. The van der Waals surface area contributed by atoms with Crippen molar-refractivity contribution < 1.29 is 4.79 Å². The average molecular weight is 173 g/mol. The summed E-state index contributed by atoms with van der Waals surface area (Å²) in [5, 5.41) is -0.0839. The van der Waals surface area contributed by atoms with E-state index in [-0.39, 0.29) is 11.2 Å². The van der Waals surface area contributed by atoms with E-state index < -0.39 is 0 Å². The molecule has 0 radical (unpaired) electrons. The predicted molar refractivity (Wildman–Crippen MR) is 44.4 cm³/mol. The normalized spacial score (nSPS) is 42.5. The zero-order valence-electron chi connectivity index (χ0n) is 6.55. The van der Waals surface area contributed by atoms with Crippen LogP contribution < -0.4 is 0 Å². The van der Waals surface area contributed by atoms with Gasteiger partial charge in [0.2, 0.25) is 5.24 Å². The zero-order valence-corrected chi connectivity index (χ0v) is 7.31. The topological polar surface area (TPSA) is 17.1 Å². The third-order valence-electron chi connectivity index (χ3n) is 3.34. The highest BCUT2D eigenvalue weighted by Gasteiger charge is 2.38. The molecular weight excluding hydrogens is 160 g/mol. The molecule has 3 fully saturated rings. The van der Waals surface area contributed by atoms with Gasteiger partial charge in [-0.25, -0.2) is 0 Å². The Morgan fingerprint density at radius 3 is 2.09 bits per heavy atom. The summed E-state index contributed by atoms with van der Waals surface area (Å²) in [7, 11) is 0. The zero-order chi connectivity index (χ0) is 7.84. The van der Waals surface area contributed by atoms with Crippen molar-refractivity contribution in [1.29, 1.82) is 0 Å². The molecule has 0 aromatic rings. The van der Waals surface area contributed by atoms with E-state index in [1.54, 1.807) is 0 Å². The molecule has 0 aromatic heterocycles. The number of carbonyl (C=O) groups excluding carboxylic acids is 1. The van der Waals surface area contributed by atoms with Crippen LogP contribution in [0.25, 0.3) is 0 Å². The Hall–Kier alpha value is -0.0400. The van der Waals surface area contributed by atoms with Gasteiger partial charge in [0.05, 0.1) is 0 Å². The van der Waals surface area contributed by atoms with Gasteiger partial charge in [-0.1, -0.05) is 12.8 Å². The van der Waals surface area contributed by atoms with E-state index in [1.165, 1.54) is 25.7 Å². The first-order valence-corrected chi connectivity index (χ1v) is 4.84. The Morgan fingerprint density at radius 2 is 1.82 bits per heavy atom. The maximum Gasteiger partial charge on any atom is 0.225 e. The van der Waals surface area contributed by atoms with E-state index in [0.717, 1.165) is 12.3 Å². The highest BCUT2D eigenvalue weighted by Crippen LogP contribution is 2.45. The summed E-state index contributed by atoms with van der Waals surface area (Å²) >= 11 is 5.51. The second-order valence-electron chi connectivity index (χ2n) is 3.93. The fourth-order valence-corrected chi connectivity index (χ4v) is 2.92. The maximum atomic E-state index is 11.0. The van der Waals surface area contributed by atoms with Crippen LogP contribution in [0.15, 0.2) is 0 Å². The second kappa shape index (κ2) is 2.78. The molecule has 11 heavy (non-hydrogen) atoms. The van der Waals surface area contributed by atoms with Crippen molar-refractivity contribution in [3.05, 3.63) is 0 Å². The van der Waals surface area contributed by atoms with Crippen LogP contribution >= 0.6 is 11.6 Å². The molecule has 1 atom stereocenters. The second-order valence-corrected chi connectivity index (χ2v) is 4.30. The van der Waals surface area contributed by atoms with E-state index in [4.69, 9.17) is 11.6 Å². The molecule has 0 amide bonds. The molecule has 2 heteroatoms. The van der Waals surface area contributed by atoms with Gasteiger partial charge in [-0.2, -0.15) is 0 Å². The van der Waals surface area contributed by atoms with E-state index in [9.17, 15) is 4.79 Å². The molecule has 0 unspecified atom stereocenters. The third-order valence-corrected chi connectivity index (χ3v) is 3.62. The minimum absolute atomic E-state index is 0.0839. The SMILES string of the molecule is O=C(Cl)[C@@H]1CC2CCC1CC2. The summed E-state index contributed by atoms with van der Waals surface area (Å²) in [6.45, 7) is 0. The number of hydrogen-bond donors (Lipinski definition) is 0. The van der Waals surface area contributed by atoms with Crippen molar-refractivity contribution in [2.24, 2.45) is 17.8 Å². The lowest BCUT2D eigenvalue weighted by atomic mass is 9.65. The quantitative estimate of drug-likeness (QED) is 0.556. The van der Waals surface area contributed by atoms with Crippen LogP contribution in [-0.4, -0.2) is 5.24 Å². The van der Waals surface area contributed by atoms with Crippen LogP contribution in [0, 0.1) is 17.8 Å². The molecular formula is C9H13ClO. The fourth-order valence-electron chi connectivity index (χ4n) is 2.66. The van der Waals surface area contributed by atoms with Crippen LogP contribution in [0.3, 0.4) is 0 Å². The Labute approximate surface area is 72.1 Å². The van der Waals surface area contributed by atoms with Gasteiger partial charge >= 0.3 is 0 Å². The lowest BCUT2D eigenvalue weighted by Gasteiger charge is -2.40. The average Bonchev–Trinajstić information content (AvgIpc) is 2.06. The largest absolute Gasteiger partial charge is 0.281 e. The Kier molecular flexibility index (Phi) is 1.92. The minimum atomic E-state index is -0.0839. The van der Waals surface area contributed by atoms with Gasteiger partial charge in [0.25, 0.3) is 0 Å². The highest BCUT2D eigenvalue weighted by molar-refractivity contribution is 6.64.